The van der Waals surface area contributed by atoms with Crippen LogP contribution in [0.4, 0.5) is 4.79 Å². The molecule has 94 valence electrons. The van der Waals surface area contributed by atoms with Crippen LogP contribution in [-0.4, -0.2) is 18.0 Å². The number of amides is 1. The van der Waals surface area contributed by atoms with Gasteiger partial charge >= 0.3 is 6.09 Å². The topological polar surface area (TPSA) is 55.4 Å². The zero-order chi connectivity index (χ0) is 13.1. The zero-order valence-corrected chi connectivity index (χ0v) is 11.3. The van der Waals surface area contributed by atoms with Crippen molar-refractivity contribution in [3.05, 3.63) is 21.9 Å². The number of alkyl carbamates (subject to hydrolysis) is 1. The van der Waals surface area contributed by atoms with E-state index in [0.29, 0.717) is 6.29 Å². The van der Waals surface area contributed by atoms with Gasteiger partial charge in [-0.25, -0.2) is 4.79 Å². The fourth-order valence-electron chi connectivity index (χ4n) is 1.31. The Bertz CT molecular complexity index is 406. The third kappa shape index (κ3) is 4.19. The molecule has 1 aromatic heterocycles. The Kier molecular flexibility index (Phi) is 4.28. The Labute approximate surface area is 105 Å². The third-order valence-electron chi connectivity index (χ3n) is 2.04. The number of carbonyl (C=O) groups is 2. The Morgan fingerprint density at radius 3 is 2.53 bits per heavy atom. The quantitative estimate of drug-likeness (QED) is 0.845. The first-order chi connectivity index (χ1) is 7.83. The number of hydrogen-bond acceptors (Lipinski definition) is 4. The van der Waals surface area contributed by atoms with Gasteiger partial charge in [-0.05, 0) is 49.6 Å². The molecule has 0 fully saturated rings. The van der Waals surface area contributed by atoms with Crippen LogP contribution in [-0.2, 0) is 9.53 Å². The van der Waals surface area contributed by atoms with Crippen molar-refractivity contribution < 1.29 is 14.3 Å². The van der Waals surface area contributed by atoms with Gasteiger partial charge in [-0.1, -0.05) is 0 Å². The summed E-state index contributed by atoms with van der Waals surface area (Å²) in [5, 5.41) is 6.33. The second-order valence-corrected chi connectivity index (χ2v) is 5.51. The number of rotatable bonds is 3. The van der Waals surface area contributed by atoms with Crippen LogP contribution in [0, 0.1) is 6.92 Å². The van der Waals surface area contributed by atoms with E-state index in [1.807, 2.05) is 17.7 Å². The van der Waals surface area contributed by atoms with Gasteiger partial charge in [-0.2, -0.15) is 11.3 Å². The van der Waals surface area contributed by atoms with Gasteiger partial charge in [-0.3, -0.25) is 0 Å². The van der Waals surface area contributed by atoms with E-state index in [0.717, 1.165) is 11.1 Å². The van der Waals surface area contributed by atoms with E-state index in [-0.39, 0.29) is 0 Å². The van der Waals surface area contributed by atoms with E-state index < -0.39 is 17.7 Å². The van der Waals surface area contributed by atoms with Crippen molar-refractivity contribution in [1.29, 1.82) is 0 Å². The minimum atomic E-state index is -0.643. The summed E-state index contributed by atoms with van der Waals surface area (Å²) in [4.78, 5) is 22.5. The molecule has 1 N–H and O–H groups in total. The molecule has 1 rings (SSSR count). The lowest BCUT2D eigenvalue weighted by Gasteiger charge is -2.21. The summed E-state index contributed by atoms with van der Waals surface area (Å²) >= 11 is 1.50. The molecule has 0 aliphatic rings. The van der Waals surface area contributed by atoms with E-state index >= 15 is 0 Å². The molecule has 0 saturated carbocycles. The van der Waals surface area contributed by atoms with Crippen molar-refractivity contribution in [3.8, 4) is 0 Å². The van der Waals surface area contributed by atoms with Crippen molar-refractivity contribution in [1.82, 2.24) is 5.32 Å². The van der Waals surface area contributed by atoms with Crippen LogP contribution in [0.25, 0.3) is 0 Å². The minimum Gasteiger partial charge on any atom is -0.444 e. The molecule has 0 radical (unpaired) electrons. The summed E-state index contributed by atoms with van der Waals surface area (Å²) in [7, 11) is 0. The molecule has 5 heteroatoms. The number of hydrogen-bond donors (Lipinski definition) is 1. The zero-order valence-electron chi connectivity index (χ0n) is 10.4. The summed E-state index contributed by atoms with van der Waals surface area (Å²) in [6.07, 6.45) is 0.124. The highest BCUT2D eigenvalue weighted by Gasteiger charge is 2.21. The highest BCUT2D eigenvalue weighted by atomic mass is 32.1. The number of aldehydes is 1. The first-order valence-corrected chi connectivity index (χ1v) is 6.25. The molecule has 1 aromatic rings. The maximum atomic E-state index is 11.5. The van der Waals surface area contributed by atoms with Gasteiger partial charge in [0, 0.05) is 0 Å². The lowest BCUT2D eigenvalue weighted by atomic mass is 10.1. The fraction of sp³-hybridized carbons (Fsp3) is 0.500. The normalized spacial score (nSPS) is 12.9. The van der Waals surface area contributed by atoms with Crippen molar-refractivity contribution in [2.45, 2.75) is 39.3 Å². The summed E-state index contributed by atoms with van der Waals surface area (Å²) in [6.45, 7) is 7.23. The summed E-state index contributed by atoms with van der Waals surface area (Å²) in [5.74, 6) is 0. The Morgan fingerprint density at radius 1 is 1.47 bits per heavy atom. The van der Waals surface area contributed by atoms with Crippen LogP contribution in [0.1, 0.15) is 37.9 Å². The van der Waals surface area contributed by atoms with Crippen LogP contribution >= 0.6 is 11.3 Å². The fourth-order valence-corrected chi connectivity index (χ4v) is 2.20. The second-order valence-electron chi connectivity index (χ2n) is 4.77. The highest BCUT2D eigenvalue weighted by Crippen LogP contribution is 2.20. The molecule has 1 atom stereocenters. The van der Waals surface area contributed by atoms with Gasteiger partial charge < -0.3 is 14.8 Å². The number of thiophene rings is 1. The van der Waals surface area contributed by atoms with Crippen LogP contribution < -0.4 is 5.32 Å². The monoisotopic (exact) mass is 255 g/mol. The van der Waals surface area contributed by atoms with Crippen LogP contribution in [0.15, 0.2) is 10.8 Å². The van der Waals surface area contributed by atoms with Crippen molar-refractivity contribution in [3.63, 3.8) is 0 Å². The second kappa shape index (κ2) is 5.31. The van der Waals surface area contributed by atoms with Crippen LogP contribution in [0.5, 0.6) is 0 Å². The van der Waals surface area contributed by atoms with E-state index in [1.54, 1.807) is 20.8 Å². The molecular formula is C12H17NO3S. The number of ether oxygens (including phenoxy) is 1. The van der Waals surface area contributed by atoms with Gasteiger partial charge in [0.05, 0.1) is 0 Å². The third-order valence-corrected chi connectivity index (χ3v) is 2.92. The standard InChI is InChI=1S/C12H17NO3S/c1-8-6-17-7-9(8)10(5-14)13-11(15)16-12(2,3)4/h5-7,10H,1-4H3,(H,13,15). The number of carbonyl (C=O) groups excluding carboxylic acids is 2. The molecular weight excluding hydrogens is 238 g/mol. The molecule has 0 saturated heterocycles. The molecule has 1 heterocycles. The van der Waals surface area contributed by atoms with Crippen molar-refractivity contribution in [2.24, 2.45) is 0 Å². The molecule has 0 spiro atoms. The van der Waals surface area contributed by atoms with E-state index in [4.69, 9.17) is 4.74 Å². The van der Waals surface area contributed by atoms with Gasteiger partial charge in [0.1, 0.15) is 17.9 Å². The summed E-state index contributed by atoms with van der Waals surface area (Å²) in [5.41, 5.74) is 1.24. The molecule has 4 nitrogen and oxygen atoms in total. The molecule has 0 bridgehead atoms. The maximum Gasteiger partial charge on any atom is 0.408 e. The van der Waals surface area contributed by atoms with Gasteiger partial charge in [-0.15, -0.1) is 0 Å². The molecule has 1 amide bonds. The van der Waals surface area contributed by atoms with Crippen molar-refractivity contribution >= 4 is 23.7 Å². The summed E-state index contributed by atoms with van der Waals surface area (Å²) < 4.78 is 5.10. The van der Waals surface area contributed by atoms with Crippen LogP contribution in [0.2, 0.25) is 0 Å². The predicted molar refractivity (Wildman–Crippen MR) is 67.2 cm³/mol. The Hall–Kier alpha value is -1.36. The molecule has 17 heavy (non-hydrogen) atoms. The number of aryl methyl sites for hydroxylation is 1. The van der Waals surface area contributed by atoms with E-state index in [1.165, 1.54) is 11.3 Å². The van der Waals surface area contributed by atoms with Gasteiger partial charge in [0.15, 0.2) is 0 Å². The molecule has 0 aromatic carbocycles. The molecule has 0 aliphatic carbocycles. The molecule has 0 aliphatic heterocycles. The first kappa shape index (κ1) is 13.7. The predicted octanol–water partition coefficient (Wildman–Crippen LogP) is 2.82. The maximum absolute atomic E-state index is 11.5. The van der Waals surface area contributed by atoms with E-state index in [2.05, 4.69) is 5.32 Å². The smallest absolute Gasteiger partial charge is 0.408 e. The lowest BCUT2D eigenvalue weighted by Crippen LogP contribution is -2.35. The lowest BCUT2D eigenvalue weighted by molar-refractivity contribution is -0.109. The van der Waals surface area contributed by atoms with Crippen LogP contribution in [0.3, 0.4) is 0 Å². The Morgan fingerprint density at radius 2 is 2.12 bits per heavy atom. The van der Waals surface area contributed by atoms with Gasteiger partial charge in [0.25, 0.3) is 0 Å². The van der Waals surface area contributed by atoms with Crippen molar-refractivity contribution in [2.75, 3.05) is 0 Å². The highest BCUT2D eigenvalue weighted by molar-refractivity contribution is 7.08. The first-order valence-electron chi connectivity index (χ1n) is 5.31. The molecule has 1 unspecified atom stereocenters. The average molecular weight is 255 g/mol. The Balaban J connectivity index is 2.69. The largest absolute Gasteiger partial charge is 0.444 e. The number of nitrogens with one attached hydrogen (secondary N) is 1. The average Bonchev–Trinajstić information content (AvgIpc) is 2.58. The SMILES string of the molecule is Cc1cscc1C(C=O)NC(=O)OC(C)(C)C. The van der Waals surface area contributed by atoms with E-state index in [9.17, 15) is 9.59 Å². The summed E-state index contributed by atoms with van der Waals surface area (Å²) in [6, 6.07) is -0.643. The minimum absolute atomic E-state index is 0.568. The van der Waals surface area contributed by atoms with Gasteiger partial charge in [0.2, 0.25) is 0 Å².